The van der Waals surface area contributed by atoms with Crippen LogP contribution in [-0.2, 0) is 28.9 Å². The molecule has 2 aromatic carbocycles. The summed E-state index contributed by atoms with van der Waals surface area (Å²) in [4.78, 5) is 37.7. The van der Waals surface area contributed by atoms with Crippen LogP contribution in [0.1, 0.15) is 43.9 Å². The van der Waals surface area contributed by atoms with Gasteiger partial charge in [-0.2, -0.15) is 0 Å². The Labute approximate surface area is 191 Å². The first-order valence-electron chi connectivity index (χ1n) is 10.8. The molecule has 2 aromatic rings. The van der Waals surface area contributed by atoms with Gasteiger partial charge in [-0.1, -0.05) is 24.3 Å². The minimum absolute atomic E-state index is 0.0212. The first kappa shape index (κ1) is 24.2. The number of carbonyl (C=O) groups is 2. The van der Waals surface area contributed by atoms with Crippen molar-refractivity contribution in [3.05, 3.63) is 75.1 Å². The predicted molar refractivity (Wildman–Crippen MR) is 120 cm³/mol. The molecule has 1 N–H and O–H groups in total. The molecule has 2 amide bonds. The number of ether oxygens (including phenoxy) is 1. The summed E-state index contributed by atoms with van der Waals surface area (Å²) in [6.07, 6.45) is -0.0432. The molecule has 3 rings (SSSR count). The van der Waals surface area contributed by atoms with E-state index in [0.717, 1.165) is 11.1 Å². The minimum Gasteiger partial charge on any atom is -0.444 e. The van der Waals surface area contributed by atoms with Gasteiger partial charge in [-0.05, 0) is 56.4 Å². The average molecular weight is 458 g/mol. The second-order valence-corrected chi connectivity index (χ2v) is 9.12. The SMILES string of the molecule is CC(C)(C)OC(=O)NC(CC(=O)N1CCc2ccc([N+](=O)[O-])cc2C1)Cc1ccccc1F. The molecule has 9 heteroatoms. The van der Waals surface area contributed by atoms with E-state index in [1.807, 2.05) is 0 Å². The van der Waals surface area contributed by atoms with Gasteiger partial charge in [0.1, 0.15) is 11.4 Å². The highest BCUT2D eigenvalue weighted by atomic mass is 19.1. The highest BCUT2D eigenvalue weighted by Crippen LogP contribution is 2.24. The number of alkyl carbamates (subject to hydrolysis) is 1. The van der Waals surface area contributed by atoms with E-state index in [4.69, 9.17) is 4.74 Å². The highest BCUT2D eigenvalue weighted by Gasteiger charge is 2.27. The summed E-state index contributed by atoms with van der Waals surface area (Å²) in [5.41, 5.74) is 1.34. The topological polar surface area (TPSA) is 102 Å². The lowest BCUT2D eigenvalue weighted by Crippen LogP contribution is -2.44. The number of carbonyl (C=O) groups excluding carboxylic acids is 2. The van der Waals surface area contributed by atoms with Crippen molar-refractivity contribution in [3.8, 4) is 0 Å². The smallest absolute Gasteiger partial charge is 0.407 e. The molecule has 0 spiro atoms. The van der Waals surface area contributed by atoms with Gasteiger partial charge in [-0.25, -0.2) is 9.18 Å². The monoisotopic (exact) mass is 457 g/mol. The van der Waals surface area contributed by atoms with Crippen LogP contribution in [0.15, 0.2) is 42.5 Å². The Hall–Kier alpha value is -3.49. The van der Waals surface area contributed by atoms with Gasteiger partial charge in [-0.15, -0.1) is 0 Å². The second-order valence-electron chi connectivity index (χ2n) is 9.12. The number of halogens is 1. The van der Waals surface area contributed by atoms with E-state index in [0.29, 0.717) is 18.5 Å². The zero-order valence-electron chi connectivity index (χ0n) is 19.0. The van der Waals surface area contributed by atoms with Crippen molar-refractivity contribution < 1.29 is 23.6 Å². The van der Waals surface area contributed by atoms with Crippen molar-refractivity contribution >= 4 is 17.7 Å². The molecule has 1 heterocycles. The molecule has 0 radical (unpaired) electrons. The molecule has 1 aliphatic heterocycles. The minimum atomic E-state index is -0.720. The summed E-state index contributed by atoms with van der Waals surface area (Å²) >= 11 is 0. The van der Waals surface area contributed by atoms with E-state index in [1.165, 1.54) is 18.2 Å². The molecule has 0 saturated heterocycles. The lowest BCUT2D eigenvalue weighted by molar-refractivity contribution is -0.385. The standard InChI is InChI=1S/C24H28FN3O5/c1-24(2,3)33-23(30)26-19(12-17-6-4-5-7-21(17)25)14-22(29)27-11-10-16-8-9-20(28(31)32)13-18(16)15-27/h4-9,13,19H,10-12,14-15H2,1-3H3,(H,26,30). The number of fused-ring (bicyclic) bond motifs is 1. The van der Waals surface area contributed by atoms with Gasteiger partial charge in [0.05, 0.1) is 4.92 Å². The Morgan fingerprint density at radius 2 is 1.94 bits per heavy atom. The molecule has 0 aromatic heterocycles. The largest absolute Gasteiger partial charge is 0.444 e. The predicted octanol–water partition coefficient (Wildman–Crippen LogP) is 4.14. The fraction of sp³-hybridized carbons (Fsp3) is 0.417. The van der Waals surface area contributed by atoms with Crippen LogP contribution in [0, 0.1) is 15.9 Å². The van der Waals surface area contributed by atoms with Crippen LogP contribution in [0.3, 0.4) is 0 Å². The molecule has 33 heavy (non-hydrogen) atoms. The normalized spacial score (nSPS) is 14.2. The average Bonchev–Trinajstić information content (AvgIpc) is 2.73. The van der Waals surface area contributed by atoms with Gasteiger partial charge in [0, 0.05) is 37.7 Å². The van der Waals surface area contributed by atoms with Gasteiger partial charge in [0.25, 0.3) is 5.69 Å². The lowest BCUT2D eigenvalue weighted by Gasteiger charge is -2.30. The van der Waals surface area contributed by atoms with Gasteiger partial charge in [-0.3, -0.25) is 14.9 Å². The molecule has 0 saturated carbocycles. The number of hydrogen-bond acceptors (Lipinski definition) is 5. The number of benzene rings is 2. The van der Waals surface area contributed by atoms with Gasteiger partial charge in [0.2, 0.25) is 5.91 Å². The second kappa shape index (κ2) is 9.97. The third kappa shape index (κ3) is 6.74. The van der Waals surface area contributed by atoms with Crippen molar-refractivity contribution in [2.75, 3.05) is 6.54 Å². The molecule has 8 nitrogen and oxygen atoms in total. The van der Waals surface area contributed by atoms with Crippen molar-refractivity contribution in [2.45, 2.75) is 58.2 Å². The number of nitrogens with one attached hydrogen (secondary N) is 1. The van der Waals surface area contributed by atoms with Gasteiger partial charge >= 0.3 is 6.09 Å². The van der Waals surface area contributed by atoms with E-state index < -0.39 is 28.5 Å². The van der Waals surface area contributed by atoms with Gasteiger partial charge < -0.3 is 15.0 Å². The first-order chi connectivity index (χ1) is 15.5. The third-order valence-electron chi connectivity index (χ3n) is 5.33. The number of nitro benzene ring substituents is 1. The molecule has 0 aliphatic carbocycles. The molecule has 1 unspecified atom stereocenters. The summed E-state index contributed by atoms with van der Waals surface area (Å²) in [5.74, 6) is -0.648. The quantitative estimate of drug-likeness (QED) is 0.519. The number of nitrogens with zero attached hydrogens (tertiary/aromatic N) is 2. The maximum atomic E-state index is 14.2. The summed E-state index contributed by atoms with van der Waals surface area (Å²) in [5, 5.41) is 13.8. The van der Waals surface area contributed by atoms with Crippen molar-refractivity contribution in [3.63, 3.8) is 0 Å². The van der Waals surface area contributed by atoms with E-state index >= 15 is 0 Å². The molecule has 1 atom stereocenters. The molecular formula is C24H28FN3O5. The number of amides is 2. The Kier molecular flexibility index (Phi) is 7.30. The maximum absolute atomic E-state index is 14.2. The van der Waals surface area contributed by atoms with E-state index in [1.54, 1.807) is 49.9 Å². The summed E-state index contributed by atoms with van der Waals surface area (Å²) in [6, 6.07) is 10.2. The van der Waals surface area contributed by atoms with E-state index in [9.17, 15) is 24.1 Å². The molecule has 0 fully saturated rings. The molecule has 176 valence electrons. The Balaban J connectivity index is 1.73. The fourth-order valence-electron chi connectivity index (χ4n) is 3.79. The van der Waals surface area contributed by atoms with Crippen LogP contribution < -0.4 is 5.32 Å². The number of rotatable bonds is 6. The van der Waals surface area contributed by atoms with E-state index in [-0.39, 0.29) is 31.0 Å². The molecular weight excluding hydrogens is 429 g/mol. The fourth-order valence-corrected chi connectivity index (χ4v) is 3.79. The van der Waals surface area contributed by atoms with E-state index in [2.05, 4.69) is 5.32 Å². The van der Waals surface area contributed by atoms with Crippen LogP contribution in [0.5, 0.6) is 0 Å². The third-order valence-corrected chi connectivity index (χ3v) is 5.33. The summed E-state index contributed by atoms with van der Waals surface area (Å²) in [6.45, 7) is 5.90. The zero-order chi connectivity index (χ0) is 24.2. The maximum Gasteiger partial charge on any atom is 0.407 e. The summed E-state index contributed by atoms with van der Waals surface area (Å²) < 4.78 is 19.5. The van der Waals surface area contributed by atoms with Crippen LogP contribution in [-0.4, -0.2) is 40.0 Å². The number of nitro groups is 1. The van der Waals surface area contributed by atoms with Crippen molar-refractivity contribution in [1.29, 1.82) is 0 Å². The van der Waals surface area contributed by atoms with Crippen LogP contribution >= 0.6 is 0 Å². The zero-order valence-corrected chi connectivity index (χ0v) is 19.0. The highest BCUT2D eigenvalue weighted by molar-refractivity contribution is 5.78. The van der Waals surface area contributed by atoms with Crippen LogP contribution in [0.25, 0.3) is 0 Å². The number of non-ortho nitro benzene ring substituents is 1. The molecule has 1 aliphatic rings. The lowest BCUT2D eigenvalue weighted by atomic mass is 9.97. The van der Waals surface area contributed by atoms with Crippen molar-refractivity contribution in [2.24, 2.45) is 0 Å². The van der Waals surface area contributed by atoms with Crippen molar-refractivity contribution in [1.82, 2.24) is 10.2 Å². The van der Waals surface area contributed by atoms with Crippen LogP contribution in [0.4, 0.5) is 14.9 Å². The Morgan fingerprint density at radius 3 is 2.61 bits per heavy atom. The first-order valence-corrected chi connectivity index (χ1v) is 10.8. The van der Waals surface area contributed by atoms with Gasteiger partial charge in [0.15, 0.2) is 0 Å². The number of hydrogen-bond donors (Lipinski definition) is 1. The Morgan fingerprint density at radius 1 is 1.21 bits per heavy atom. The van der Waals surface area contributed by atoms with Crippen LogP contribution in [0.2, 0.25) is 0 Å². The summed E-state index contributed by atoms with van der Waals surface area (Å²) in [7, 11) is 0. The molecule has 0 bridgehead atoms. The Bertz CT molecular complexity index is 1050.